The number of ether oxygens (including phenoxy) is 2. The molecule has 0 aliphatic carbocycles. The summed E-state index contributed by atoms with van der Waals surface area (Å²) in [5, 5.41) is 4.45. The molecule has 0 amide bonds. The summed E-state index contributed by atoms with van der Waals surface area (Å²) in [6, 6.07) is 4.26. The van der Waals surface area contributed by atoms with Crippen molar-refractivity contribution in [3.8, 4) is 5.75 Å². The molecule has 1 aromatic carbocycles. The molecule has 1 saturated heterocycles. The Morgan fingerprint density at radius 3 is 3.00 bits per heavy atom. The zero-order valence-electron chi connectivity index (χ0n) is 12.7. The summed E-state index contributed by atoms with van der Waals surface area (Å²) in [6.45, 7) is 4.78. The van der Waals surface area contributed by atoms with E-state index in [1.807, 2.05) is 6.07 Å². The molecule has 0 radical (unpaired) electrons. The molecule has 2 aliphatic heterocycles. The summed E-state index contributed by atoms with van der Waals surface area (Å²) in [7, 11) is 0. The lowest BCUT2D eigenvalue weighted by atomic mass is 9.93. The summed E-state index contributed by atoms with van der Waals surface area (Å²) in [4.78, 5) is 0. The van der Waals surface area contributed by atoms with Gasteiger partial charge in [-0.15, -0.1) is 0 Å². The monoisotopic (exact) mass is 309 g/mol. The second-order valence-electron chi connectivity index (χ2n) is 5.92. The van der Waals surface area contributed by atoms with E-state index in [2.05, 4.69) is 18.3 Å². The number of fused-ring (bicyclic) bond motifs is 1. The number of halogens is 1. The fraction of sp³-hybridized carbons (Fsp3) is 0.647. The lowest BCUT2D eigenvalue weighted by Gasteiger charge is -2.32. The van der Waals surface area contributed by atoms with Gasteiger partial charge in [0.25, 0.3) is 0 Å². The molecular formula is C17H24ClNO2. The smallest absolute Gasteiger partial charge is 0.127 e. The van der Waals surface area contributed by atoms with Crippen molar-refractivity contribution in [2.45, 2.75) is 51.2 Å². The minimum atomic E-state index is 0.177. The van der Waals surface area contributed by atoms with E-state index in [-0.39, 0.29) is 12.1 Å². The molecule has 2 heterocycles. The van der Waals surface area contributed by atoms with E-state index in [1.165, 1.54) is 24.0 Å². The summed E-state index contributed by atoms with van der Waals surface area (Å²) in [5.74, 6) is 1.03. The standard InChI is InChI=1S/C17H24ClNO2/c1-2-7-19-16(15-5-3-4-8-20-15)14-11-13(18)10-12-6-9-21-17(12)14/h10-11,15-16,19H,2-9H2,1H3. The Bertz CT molecular complexity index is 486. The molecule has 116 valence electrons. The largest absolute Gasteiger partial charge is 0.493 e. The van der Waals surface area contributed by atoms with Crippen molar-refractivity contribution in [3.05, 3.63) is 28.3 Å². The first-order valence-corrected chi connectivity index (χ1v) is 8.47. The minimum absolute atomic E-state index is 0.177. The van der Waals surface area contributed by atoms with Crippen LogP contribution in [-0.4, -0.2) is 25.9 Å². The minimum Gasteiger partial charge on any atom is -0.493 e. The van der Waals surface area contributed by atoms with Gasteiger partial charge in [-0.05, 0) is 49.9 Å². The van der Waals surface area contributed by atoms with Gasteiger partial charge >= 0.3 is 0 Å². The normalized spacial score (nSPS) is 22.7. The number of benzene rings is 1. The molecule has 21 heavy (non-hydrogen) atoms. The van der Waals surface area contributed by atoms with Gasteiger partial charge in [-0.25, -0.2) is 0 Å². The molecule has 0 saturated carbocycles. The molecule has 1 fully saturated rings. The van der Waals surface area contributed by atoms with Crippen molar-refractivity contribution >= 4 is 11.6 Å². The maximum absolute atomic E-state index is 6.32. The van der Waals surface area contributed by atoms with Crippen molar-refractivity contribution < 1.29 is 9.47 Å². The van der Waals surface area contributed by atoms with Gasteiger partial charge in [0.15, 0.2) is 0 Å². The van der Waals surface area contributed by atoms with Crippen LogP contribution in [0.2, 0.25) is 5.02 Å². The Morgan fingerprint density at radius 1 is 1.33 bits per heavy atom. The van der Waals surface area contributed by atoms with Crippen molar-refractivity contribution in [2.75, 3.05) is 19.8 Å². The maximum Gasteiger partial charge on any atom is 0.127 e. The second kappa shape index (κ2) is 6.99. The average Bonchev–Trinajstić information content (AvgIpc) is 2.96. The first-order valence-electron chi connectivity index (χ1n) is 8.09. The zero-order chi connectivity index (χ0) is 14.7. The predicted molar refractivity (Wildman–Crippen MR) is 85.3 cm³/mol. The van der Waals surface area contributed by atoms with Gasteiger partial charge in [0, 0.05) is 23.6 Å². The molecule has 2 unspecified atom stereocenters. The number of rotatable bonds is 5. The molecule has 2 aliphatic rings. The molecule has 3 rings (SSSR count). The van der Waals surface area contributed by atoms with Gasteiger partial charge in [0.05, 0.1) is 18.8 Å². The highest BCUT2D eigenvalue weighted by atomic mass is 35.5. The van der Waals surface area contributed by atoms with E-state index in [0.717, 1.165) is 49.8 Å². The molecular weight excluding hydrogens is 286 g/mol. The third kappa shape index (κ3) is 3.36. The van der Waals surface area contributed by atoms with Crippen LogP contribution in [-0.2, 0) is 11.2 Å². The molecule has 0 aromatic heterocycles. The van der Waals surface area contributed by atoms with Crippen LogP contribution in [0, 0.1) is 0 Å². The van der Waals surface area contributed by atoms with Gasteiger partial charge in [0.1, 0.15) is 5.75 Å². The lowest BCUT2D eigenvalue weighted by Crippen LogP contribution is -2.36. The highest BCUT2D eigenvalue weighted by Gasteiger charge is 2.30. The number of nitrogens with one attached hydrogen (secondary N) is 1. The van der Waals surface area contributed by atoms with Crippen LogP contribution in [0.15, 0.2) is 12.1 Å². The van der Waals surface area contributed by atoms with E-state index >= 15 is 0 Å². The SMILES string of the molecule is CCCNC(c1cc(Cl)cc2c1OCC2)C1CCCCO1. The maximum atomic E-state index is 6.32. The first kappa shape index (κ1) is 15.1. The second-order valence-corrected chi connectivity index (χ2v) is 6.35. The third-order valence-corrected chi connectivity index (χ3v) is 4.53. The Kier molecular flexibility index (Phi) is 5.04. The zero-order valence-corrected chi connectivity index (χ0v) is 13.4. The van der Waals surface area contributed by atoms with Gasteiger partial charge in [0.2, 0.25) is 0 Å². The van der Waals surface area contributed by atoms with Gasteiger partial charge in [-0.2, -0.15) is 0 Å². The quantitative estimate of drug-likeness (QED) is 0.895. The van der Waals surface area contributed by atoms with Crippen LogP contribution < -0.4 is 10.1 Å². The lowest BCUT2D eigenvalue weighted by molar-refractivity contribution is -0.00859. The summed E-state index contributed by atoms with van der Waals surface area (Å²) < 4.78 is 11.9. The molecule has 0 spiro atoms. The highest BCUT2D eigenvalue weighted by Crippen LogP contribution is 2.39. The Balaban J connectivity index is 1.91. The predicted octanol–water partition coefficient (Wildman–Crippen LogP) is 3.88. The van der Waals surface area contributed by atoms with Gasteiger partial charge in [-0.1, -0.05) is 18.5 Å². The number of hydrogen-bond donors (Lipinski definition) is 1. The van der Waals surface area contributed by atoms with Crippen molar-refractivity contribution in [1.29, 1.82) is 0 Å². The Hall–Kier alpha value is -0.770. The van der Waals surface area contributed by atoms with Crippen LogP contribution in [0.25, 0.3) is 0 Å². The van der Waals surface area contributed by atoms with Crippen molar-refractivity contribution in [3.63, 3.8) is 0 Å². The summed E-state index contributed by atoms with van der Waals surface area (Å²) in [6.07, 6.45) is 5.78. The van der Waals surface area contributed by atoms with E-state index in [4.69, 9.17) is 21.1 Å². The van der Waals surface area contributed by atoms with Crippen LogP contribution >= 0.6 is 11.6 Å². The highest BCUT2D eigenvalue weighted by molar-refractivity contribution is 6.30. The van der Waals surface area contributed by atoms with Gasteiger partial charge in [-0.3, -0.25) is 0 Å². The van der Waals surface area contributed by atoms with E-state index in [9.17, 15) is 0 Å². The fourth-order valence-electron chi connectivity index (χ4n) is 3.30. The molecule has 2 atom stereocenters. The summed E-state index contributed by atoms with van der Waals surface area (Å²) in [5.41, 5.74) is 2.41. The molecule has 4 heteroatoms. The third-order valence-electron chi connectivity index (χ3n) is 4.31. The van der Waals surface area contributed by atoms with Crippen molar-refractivity contribution in [2.24, 2.45) is 0 Å². The first-order chi connectivity index (χ1) is 10.3. The van der Waals surface area contributed by atoms with E-state index in [1.54, 1.807) is 0 Å². The number of hydrogen-bond acceptors (Lipinski definition) is 3. The van der Waals surface area contributed by atoms with E-state index < -0.39 is 0 Å². The summed E-state index contributed by atoms with van der Waals surface area (Å²) >= 11 is 6.32. The molecule has 3 nitrogen and oxygen atoms in total. The topological polar surface area (TPSA) is 30.5 Å². The van der Waals surface area contributed by atoms with Crippen LogP contribution in [0.4, 0.5) is 0 Å². The van der Waals surface area contributed by atoms with E-state index in [0.29, 0.717) is 0 Å². The molecule has 1 aromatic rings. The Morgan fingerprint density at radius 2 is 2.24 bits per heavy atom. The van der Waals surface area contributed by atoms with Crippen LogP contribution in [0.3, 0.4) is 0 Å². The van der Waals surface area contributed by atoms with Crippen molar-refractivity contribution in [1.82, 2.24) is 5.32 Å². The molecule has 1 N–H and O–H groups in total. The fourth-order valence-corrected chi connectivity index (χ4v) is 3.55. The van der Waals surface area contributed by atoms with Crippen LogP contribution in [0.1, 0.15) is 49.8 Å². The molecule has 0 bridgehead atoms. The Labute approximate surface area is 132 Å². The average molecular weight is 310 g/mol. The van der Waals surface area contributed by atoms with Gasteiger partial charge < -0.3 is 14.8 Å². The van der Waals surface area contributed by atoms with Crippen LogP contribution in [0.5, 0.6) is 5.75 Å².